The number of anilines is 1. The van der Waals surface area contributed by atoms with E-state index in [9.17, 15) is 18.3 Å². The molecule has 1 aliphatic carbocycles. The number of nitrogens with zero attached hydrogens (tertiary/aromatic N) is 2. The molecule has 0 saturated heterocycles. The summed E-state index contributed by atoms with van der Waals surface area (Å²) in [6.07, 6.45) is 2.77. The van der Waals surface area contributed by atoms with Crippen LogP contribution in [-0.4, -0.2) is 47.1 Å². The number of hydrogen-bond donors (Lipinski definition) is 3. The van der Waals surface area contributed by atoms with Crippen LogP contribution in [0.15, 0.2) is 71.6 Å². The summed E-state index contributed by atoms with van der Waals surface area (Å²) in [4.78, 5) is 13.1. The maximum atomic E-state index is 12.8. The van der Waals surface area contributed by atoms with Gasteiger partial charge in [0.05, 0.1) is 22.3 Å². The third kappa shape index (κ3) is 5.84. The minimum Gasteiger partial charge on any atom is -0.393 e. The fraction of sp³-hybridized carbons (Fsp3) is 0.333. The predicted molar refractivity (Wildman–Crippen MR) is 153 cm³/mol. The summed E-state index contributed by atoms with van der Waals surface area (Å²) in [7, 11) is -1.42. The highest BCUT2D eigenvalue weighted by atomic mass is 32.2. The predicted octanol–water partition coefficient (Wildman–Crippen LogP) is 4.68. The second kappa shape index (κ2) is 11.2. The van der Waals surface area contributed by atoms with E-state index in [0.717, 1.165) is 59.1 Å². The molecule has 1 amide bonds. The topological polar surface area (TPSA) is 113 Å². The molecule has 3 aromatic carbocycles. The van der Waals surface area contributed by atoms with Crippen LogP contribution < -0.4 is 10.6 Å². The molecule has 0 spiro atoms. The van der Waals surface area contributed by atoms with Crippen molar-refractivity contribution in [3.8, 4) is 11.3 Å². The Balaban J connectivity index is 1.35. The van der Waals surface area contributed by atoms with Crippen molar-refractivity contribution in [1.82, 2.24) is 15.1 Å². The molecule has 4 aromatic rings. The Labute approximate surface area is 229 Å². The van der Waals surface area contributed by atoms with Crippen molar-refractivity contribution < 1.29 is 18.3 Å². The van der Waals surface area contributed by atoms with Gasteiger partial charge in [0.1, 0.15) is 5.69 Å². The number of hydrogen-bond acceptors (Lipinski definition) is 6. The van der Waals surface area contributed by atoms with Crippen LogP contribution in [0.25, 0.3) is 22.2 Å². The molecule has 0 unspecified atom stereocenters. The summed E-state index contributed by atoms with van der Waals surface area (Å²) in [6.45, 7) is 2.03. The number of aryl methyl sites for hydroxylation is 1. The molecular weight excluding hydrogens is 512 g/mol. The molecule has 1 aromatic heterocycles. The van der Waals surface area contributed by atoms with E-state index in [0.29, 0.717) is 17.0 Å². The molecule has 9 heteroatoms. The Morgan fingerprint density at radius 2 is 1.74 bits per heavy atom. The minimum atomic E-state index is -3.32. The van der Waals surface area contributed by atoms with Crippen LogP contribution in [0.5, 0.6) is 0 Å². The molecular formula is C30H34N4O4S. The molecule has 3 N–H and O–H groups in total. The maximum absolute atomic E-state index is 12.8. The molecule has 0 atom stereocenters. The number of fused-ring (bicyclic) bond motifs is 1. The van der Waals surface area contributed by atoms with Crippen molar-refractivity contribution in [3.05, 3.63) is 77.9 Å². The smallest absolute Gasteiger partial charge is 0.251 e. The van der Waals surface area contributed by atoms with Crippen molar-refractivity contribution in [3.63, 3.8) is 0 Å². The first-order valence-corrected chi connectivity index (χ1v) is 15.0. The zero-order valence-electron chi connectivity index (χ0n) is 22.2. The van der Waals surface area contributed by atoms with E-state index in [-0.39, 0.29) is 23.8 Å². The lowest BCUT2D eigenvalue weighted by Crippen LogP contribution is -2.38. The number of carbonyl (C=O) groups is 1. The molecule has 1 fully saturated rings. The van der Waals surface area contributed by atoms with E-state index in [4.69, 9.17) is 5.10 Å². The standard InChI is InChI=1S/C30H34N4O4S/c1-3-39(37,38)28-7-5-4-6-22(28)19-31-24-14-17-27-26(18-24)29(33-34(27)2)20-8-10-21(11-9-20)30(36)32-23-12-15-25(35)16-13-23/h4-11,14,17-18,23,25,31,35H,3,12-13,15-16,19H2,1-2H3,(H,32,36). The van der Waals surface area contributed by atoms with Crippen LogP contribution >= 0.6 is 0 Å². The van der Waals surface area contributed by atoms with Crippen molar-refractivity contribution in [1.29, 1.82) is 0 Å². The average Bonchev–Trinajstić information content (AvgIpc) is 3.28. The van der Waals surface area contributed by atoms with Gasteiger partial charge in [-0.25, -0.2) is 8.42 Å². The summed E-state index contributed by atoms with van der Waals surface area (Å²) in [5, 5.41) is 21.8. The van der Waals surface area contributed by atoms with Crippen LogP contribution in [-0.2, 0) is 23.4 Å². The summed E-state index contributed by atoms with van der Waals surface area (Å²) in [5.41, 5.74) is 4.84. The van der Waals surface area contributed by atoms with E-state index >= 15 is 0 Å². The molecule has 0 radical (unpaired) electrons. The van der Waals surface area contributed by atoms with Gasteiger partial charge >= 0.3 is 0 Å². The highest BCUT2D eigenvalue weighted by Gasteiger charge is 2.21. The molecule has 0 bridgehead atoms. The largest absolute Gasteiger partial charge is 0.393 e. The van der Waals surface area contributed by atoms with E-state index in [1.54, 1.807) is 19.1 Å². The number of aliphatic hydroxyl groups excluding tert-OH is 1. The fourth-order valence-electron chi connectivity index (χ4n) is 5.16. The van der Waals surface area contributed by atoms with Gasteiger partial charge in [0.15, 0.2) is 9.84 Å². The molecule has 1 aliphatic rings. The Bertz CT molecular complexity index is 1590. The Kier molecular flexibility index (Phi) is 7.72. The van der Waals surface area contributed by atoms with Gasteiger partial charge in [0.25, 0.3) is 5.91 Å². The van der Waals surface area contributed by atoms with Crippen LogP contribution in [0.2, 0.25) is 0 Å². The van der Waals surface area contributed by atoms with Crippen molar-refractivity contribution in [2.24, 2.45) is 7.05 Å². The minimum absolute atomic E-state index is 0.0557. The number of rotatable bonds is 8. The second-order valence-electron chi connectivity index (χ2n) is 10.1. The van der Waals surface area contributed by atoms with Crippen LogP contribution in [0, 0.1) is 0 Å². The highest BCUT2D eigenvalue weighted by molar-refractivity contribution is 7.91. The van der Waals surface area contributed by atoms with Crippen LogP contribution in [0.4, 0.5) is 5.69 Å². The fourth-order valence-corrected chi connectivity index (χ4v) is 6.30. The third-order valence-electron chi connectivity index (χ3n) is 7.47. The first kappa shape index (κ1) is 26.9. The zero-order chi connectivity index (χ0) is 27.6. The SMILES string of the molecule is CCS(=O)(=O)c1ccccc1CNc1ccc2c(c1)c(-c1ccc(C(=O)NC3CCC(O)CC3)cc1)nn2C. The number of carbonyl (C=O) groups excluding carboxylic acids is 1. The maximum Gasteiger partial charge on any atom is 0.251 e. The lowest BCUT2D eigenvalue weighted by Gasteiger charge is -2.26. The number of nitrogens with one attached hydrogen (secondary N) is 2. The van der Waals surface area contributed by atoms with E-state index in [1.807, 2.05) is 66.3 Å². The van der Waals surface area contributed by atoms with Crippen molar-refractivity contribution in [2.45, 2.75) is 56.2 Å². The summed E-state index contributed by atoms with van der Waals surface area (Å²) >= 11 is 0. The lowest BCUT2D eigenvalue weighted by atomic mass is 9.93. The Hall–Kier alpha value is -3.69. The molecule has 5 rings (SSSR count). The molecule has 39 heavy (non-hydrogen) atoms. The van der Waals surface area contributed by atoms with E-state index in [2.05, 4.69) is 10.6 Å². The summed E-state index contributed by atoms with van der Waals surface area (Å²) in [5.74, 6) is -0.0501. The molecule has 1 heterocycles. The highest BCUT2D eigenvalue weighted by Crippen LogP contribution is 2.30. The first-order valence-electron chi connectivity index (χ1n) is 13.4. The van der Waals surface area contributed by atoms with E-state index in [1.165, 1.54) is 0 Å². The molecule has 1 saturated carbocycles. The normalized spacial score (nSPS) is 17.7. The van der Waals surface area contributed by atoms with Gasteiger partial charge in [0.2, 0.25) is 0 Å². The number of aliphatic hydroxyl groups is 1. The van der Waals surface area contributed by atoms with Crippen LogP contribution in [0.3, 0.4) is 0 Å². The van der Waals surface area contributed by atoms with Gasteiger partial charge in [0, 0.05) is 41.8 Å². The van der Waals surface area contributed by atoms with Gasteiger partial charge in [-0.1, -0.05) is 37.3 Å². The van der Waals surface area contributed by atoms with Crippen molar-refractivity contribution in [2.75, 3.05) is 11.1 Å². The molecule has 204 valence electrons. The number of sulfone groups is 1. The van der Waals surface area contributed by atoms with Gasteiger partial charge < -0.3 is 15.7 Å². The number of benzene rings is 3. The van der Waals surface area contributed by atoms with Crippen molar-refractivity contribution >= 4 is 32.3 Å². The Morgan fingerprint density at radius 1 is 1.03 bits per heavy atom. The van der Waals surface area contributed by atoms with Gasteiger partial charge in [-0.05, 0) is 67.6 Å². The summed E-state index contributed by atoms with van der Waals surface area (Å²) < 4.78 is 26.9. The number of aromatic nitrogens is 2. The lowest BCUT2D eigenvalue weighted by molar-refractivity contribution is 0.0867. The van der Waals surface area contributed by atoms with E-state index < -0.39 is 9.84 Å². The zero-order valence-corrected chi connectivity index (χ0v) is 23.0. The number of amides is 1. The van der Waals surface area contributed by atoms with Crippen LogP contribution in [0.1, 0.15) is 48.5 Å². The monoisotopic (exact) mass is 546 g/mol. The van der Waals surface area contributed by atoms with Gasteiger partial charge in [-0.2, -0.15) is 5.10 Å². The molecule has 0 aliphatic heterocycles. The first-order chi connectivity index (χ1) is 18.7. The quantitative estimate of drug-likeness (QED) is 0.296. The summed E-state index contributed by atoms with van der Waals surface area (Å²) in [6, 6.07) is 20.6. The third-order valence-corrected chi connectivity index (χ3v) is 9.30. The van der Waals surface area contributed by atoms with Gasteiger partial charge in [-0.3, -0.25) is 9.48 Å². The average molecular weight is 547 g/mol. The Morgan fingerprint density at radius 3 is 2.46 bits per heavy atom. The van der Waals surface area contributed by atoms with Gasteiger partial charge in [-0.15, -0.1) is 0 Å². The molecule has 8 nitrogen and oxygen atoms in total. The second-order valence-corrected chi connectivity index (χ2v) is 12.4.